The molecule has 1 fully saturated rings. The van der Waals surface area contributed by atoms with Gasteiger partial charge in [-0.05, 0) is 37.1 Å². The molecule has 0 radical (unpaired) electrons. The number of amides is 1. The number of pyridine rings is 1. The summed E-state index contributed by atoms with van der Waals surface area (Å²) in [6.07, 6.45) is -2.14. The zero-order chi connectivity index (χ0) is 23.6. The largest absolute Gasteiger partial charge is 0.493 e. The van der Waals surface area contributed by atoms with E-state index in [1.165, 1.54) is 23.6 Å². The second-order valence-electron chi connectivity index (χ2n) is 7.65. The summed E-state index contributed by atoms with van der Waals surface area (Å²) in [5.41, 5.74) is -0.0686. The molecule has 3 heterocycles. The van der Waals surface area contributed by atoms with E-state index in [9.17, 15) is 18.0 Å². The fourth-order valence-corrected chi connectivity index (χ4v) is 3.86. The number of halogens is 3. The Hall–Kier alpha value is -3.81. The van der Waals surface area contributed by atoms with Crippen molar-refractivity contribution in [2.75, 3.05) is 26.8 Å². The van der Waals surface area contributed by atoms with Gasteiger partial charge in [-0.1, -0.05) is 0 Å². The van der Waals surface area contributed by atoms with Crippen LogP contribution in [0.2, 0.25) is 0 Å². The van der Waals surface area contributed by atoms with Crippen molar-refractivity contribution in [1.29, 1.82) is 5.26 Å². The van der Waals surface area contributed by atoms with E-state index in [1.54, 1.807) is 17.0 Å². The lowest BCUT2D eigenvalue weighted by Crippen LogP contribution is -2.42. The number of piperidine rings is 1. The van der Waals surface area contributed by atoms with Crippen LogP contribution in [0.15, 0.2) is 36.5 Å². The molecule has 172 valence electrons. The third-order valence-corrected chi connectivity index (χ3v) is 5.54. The second kappa shape index (κ2) is 8.97. The molecule has 1 aromatic carbocycles. The van der Waals surface area contributed by atoms with E-state index in [0.29, 0.717) is 54.5 Å². The normalized spacial score (nSPS) is 16.5. The minimum absolute atomic E-state index is 0.242. The predicted molar refractivity (Wildman–Crippen MR) is 110 cm³/mol. The highest BCUT2D eigenvalue weighted by Crippen LogP contribution is 2.32. The summed E-state index contributed by atoms with van der Waals surface area (Å²) in [5, 5.41) is 17.1. The molecule has 1 aliphatic rings. The van der Waals surface area contributed by atoms with E-state index in [2.05, 4.69) is 10.2 Å². The first-order chi connectivity index (χ1) is 15.8. The van der Waals surface area contributed by atoms with Gasteiger partial charge in [0.25, 0.3) is 5.91 Å². The molecular formula is C22H20F3N5O3. The molecule has 1 atom stereocenters. The number of alkyl halides is 3. The summed E-state index contributed by atoms with van der Waals surface area (Å²) >= 11 is 0. The van der Waals surface area contributed by atoms with Crippen molar-refractivity contribution in [2.24, 2.45) is 0 Å². The third-order valence-electron chi connectivity index (χ3n) is 5.54. The van der Waals surface area contributed by atoms with Crippen molar-refractivity contribution in [3.05, 3.63) is 53.5 Å². The van der Waals surface area contributed by atoms with Crippen molar-refractivity contribution < 1.29 is 27.4 Å². The lowest BCUT2D eigenvalue weighted by Gasteiger charge is -2.32. The number of benzene rings is 1. The van der Waals surface area contributed by atoms with Crippen LogP contribution in [0.4, 0.5) is 13.2 Å². The van der Waals surface area contributed by atoms with Gasteiger partial charge in [0.1, 0.15) is 5.82 Å². The standard InChI is InChI=1S/C22H20F3N5O3/c1-32-18-9-14(10-26)4-6-17(18)33-13-20(31)29-8-2-3-15(11-29)21-28-27-19-7-5-16(12-30(19)21)22(23,24)25/h4-7,9,12,15H,2-3,8,11,13H2,1H3. The number of aromatic nitrogens is 3. The highest BCUT2D eigenvalue weighted by atomic mass is 19.4. The van der Waals surface area contributed by atoms with Gasteiger partial charge in [0, 0.05) is 31.3 Å². The van der Waals surface area contributed by atoms with E-state index >= 15 is 0 Å². The van der Waals surface area contributed by atoms with Crippen molar-refractivity contribution in [2.45, 2.75) is 24.9 Å². The number of likely N-dealkylation sites (tertiary alicyclic amines) is 1. The van der Waals surface area contributed by atoms with Crippen LogP contribution >= 0.6 is 0 Å². The Labute approximate surface area is 187 Å². The number of ether oxygens (including phenoxy) is 2. The van der Waals surface area contributed by atoms with Crippen molar-refractivity contribution in [1.82, 2.24) is 19.5 Å². The molecule has 1 saturated heterocycles. The molecule has 8 nitrogen and oxygen atoms in total. The Kier molecular flexibility index (Phi) is 6.09. The Morgan fingerprint density at radius 2 is 2.06 bits per heavy atom. The highest BCUT2D eigenvalue weighted by molar-refractivity contribution is 5.78. The maximum atomic E-state index is 13.1. The van der Waals surface area contributed by atoms with E-state index < -0.39 is 11.7 Å². The first kappa shape index (κ1) is 22.4. The van der Waals surface area contributed by atoms with E-state index in [1.807, 2.05) is 6.07 Å². The average Bonchev–Trinajstić information content (AvgIpc) is 3.25. The van der Waals surface area contributed by atoms with Gasteiger partial charge in [-0.15, -0.1) is 10.2 Å². The minimum Gasteiger partial charge on any atom is -0.493 e. The zero-order valence-electron chi connectivity index (χ0n) is 17.7. The van der Waals surface area contributed by atoms with Crippen LogP contribution in [0.3, 0.4) is 0 Å². The molecular weight excluding hydrogens is 439 g/mol. The van der Waals surface area contributed by atoms with Crippen LogP contribution < -0.4 is 9.47 Å². The van der Waals surface area contributed by atoms with Crippen molar-refractivity contribution in [3.8, 4) is 17.6 Å². The van der Waals surface area contributed by atoms with Crippen LogP contribution in [0.1, 0.15) is 35.7 Å². The summed E-state index contributed by atoms with van der Waals surface area (Å²) in [7, 11) is 1.44. The van der Waals surface area contributed by atoms with Gasteiger partial charge in [-0.2, -0.15) is 18.4 Å². The van der Waals surface area contributed by atoms with Crippen LogP contribution in [0, 0.1) is 11.3 Å². The molecule has 0 N–H and O–H groups in total. The quantitative estimate of drug-likeness (QED) is 0.581. The Bertz CT molecular complexity index is 1220. The number of carbonyl (C=O) groups excluding carboxylic acids is 1. The first-order valence-electron chi connectivity index (χ1n) is 10.2. The Morgan fingerprint density at radius 1 is 1.24 bits per heavy atom. The average molecular weight is 459 g/mol. The number of rotatable bonds is 5. The van der Waals surface area contributed by atoms with Gasteiger partial charge in [0.05, 0.1) is 24.3 Å². The van der Waals surface area contributed by atoms with Gasteiger partial charge in [0.15, 0.2) is 23.8 Å². The summed E-state index contributed by atoms with van der Waals surface area (Å²) < 4.78 is 51.6. The summed E-state index contributed by atoms with van der Waals surface area (Å²) in [6.45, 7) is 0.561. The summed E-state index contributed by atoms with van der Waals surface area (Å²) in [5.74, 6) is 0.542. The number of nitrogens with zero attached hydrogens (tertiary/aromatic N) is 5. The molecule has 0 spiro atoms. The number of fused-ring (bicyclic) bond motifs is 1. The Balaban J connectivity index is 1.47. The molecule has 4 rings (SSSR count). The first-order valence-corrected chi connectivity index (χ1v) is 10.2. The highest BCUT2D eigenvalue weighted by Gasteiger charge is 2.33. The lowest BCUT2D eigenvalue weighted by molar-refractivity contribution is -0.138. The molecule has 0 bridgehead atoms. The lowest BCUT2D eigenvalue weighted by atomic mass is 9.97. The Morgan fingerprint density at radius 3 is 2.79 bits per heavy atom. The predicted octanol–water partition coefficient (Wildman–Crippen LogP) is 3.41. The van der Waals surface area contributed by atoms with Gasteiger partial charge in [-0.25, -0.2) is 0 Å². The van der Waals surface area contributed by atoms with Crippen LogP contribution in [0.25, 0.3) is 5.65 Å². The van der Waals surface area contributed by atoms with Gasteiger partial charge < -0.3 is 14.4 Å². The molecule has 1 aliphatic heterocycles. The number of hydrogen-bond donors (Lipinski definition) is 0. The third kappa shape index (κ3) is 4.69. The fourth-order valence-electron chi connectivity index (χ4n) is 3.86. The van der Waals surface area contributed by atoms with Crippen molar-refractivity contribution >= 4 is 11.6 Å². The molecule has 0 aliphatic carbocycles. The molecule has 1 amide bonds. The van der Waals surface area contributed by atoms with Crippen LogP contribution in [0.5, 0.6) is 11.5 Å². The topological polar surface area (TPSA) is 92.8 Å². The summed E-state index contributed by atoms with van der Waals surface area (Å²) in [6, 6.07) is 8.89. The van der Waals surface area contributed by atoms with E-state index in [-0.39, 0.29) is 18.4 Å². The van der Waals surface area contributed by atoms with Gasteiger partial charge in [0.2, 0.25) is 0 Å². The van der Waals surface area contributed by atoms with E-state index in [0.717, 1.165) is 12.3 Å². The number of nitriles is 1. The SMILES string of the molecule is COc1cc(C#N)ccc1OCC(=O)N1CCCC(c2nnc3ccc(C(F)(F)F)cn23)C1. The maximum absolute atomic E-state index is 13.1. The molecule has 11 heteroatoms. The number of carbonyl (C=O) groups is 1. The van der Waals surface area contributed by atoms with E-state index in [4.69, 9.17) is 14.7 Å². The second-order valence-corrected chi connectivity index (χ2v) is 7.65. The molecule has 2 aromatic heterocycles. The monoisotopic (exact) mass is 459 g/mol. The molecule has 33 heavy (non-hydrogen) atoms. The molecule has 1 unspecified atom stereocenters. The van der Waals surface area contributed by atoms with Crippen LogP contribution in [-0.4, -0.2) is 52.2 Å². The smallest absolute Gasteiger partial charge is 0.417 e. The summed E-state index contributed by atoms with van der Waals surface area (Å²) in [4.78, 5) is 14.4. The molecule has 3 aromatic rings. The number of hydrogen-bond acceptors (Lipinski definition) is 6. The maximum Gasteiger partial charge on any atom is 0.417 e. The minimum atomic E-state index is -4.48. The fraction of sp³-hybridized carbons (Fsp3) is 0.364. The van der Waals surface area contributed by atoms with Crippen molar-refractivity contribution in [3.63, 3.8) is 0 Å². The van der Waals surface area contributed by atoms with Crippen LogP contribution in [-0.2, 0) is 11.0 Å². The van der Waals surface area contributed by atoms with Gasteiger partial charge in [-0.3, -0.25) is 9.20 Å². The zero-order valence-corrected chi connectivity index (χ0v) is 17.7. The number of methoxy groups -OCH3 is 1. The van der Waals surface area contributed by atoms with Gasteiger partial charge >= 0.3 is 6.18 Å². The molecule has 0 saturated carbocycles.